The van der Waals surface area contributed by atoms with Crippen LogP contribution in [0.5, 0.6) is 11.5 Å². The number of methoxy groups -OCH3 is 2. The van der Waals surface area contributed by atoms with Crippen molar-refractivity contribution < 1.29 is 14.3 Å². The molecule has 0 bridgehead atoms. The second-order valence-electron chi connectivity index (χ2n) is 7.80. The van der Waals surface area contributed by atoms with Crippen molar-refractivity contribution in [2.45, 2.75) is 42.9 Å². The number of carbonyl (C=O) groups excluding carboxylic acids is 1. The zero-order chi connectivity index (χ0) is 22.7. The van der Waals surface area contributed by atoms with Crippen molar-refractivity contribution in [2.24, 2.45) is 0 Å². The average Bonchev–Trinajstić information content (AvgIpc) is 2.97. The summed E-state index contributed by atoms with van der Waals surface area (Å²) in [6.45, 7) is 3.32. The second-order valence-corrected chi connectivity index (χ2v) is 9.28. The second kappa shape index (κ2) is 9.65. The first-order valence-electron chi connectivity index (χ1n) is 10.7. The third kappa shape index (κ3) is 4.46. The fourth-order valence-electron chi connectivity index (χ4n) is 3.93. The van der Waals surface area contributed by atoms with Gasteiger partial charge >= 0.3 is 0 Å². The van der Waals surface area contributed by atoms with Crippen molar-refractivity contribution in [3.05, 3.63) is 53.1 Å². The number of amides is 1. The standard InChI is InChI=1S/C24H27N3O4S/c1-16-10-12-27(19-7-4-5-8-22(19)32-16)23(28)9-6-11-26-15-25-18-14-21(31-3)20(30-2)13-17(18)24(26)29/h4-5,7-8,13-16H,6,9-12H2,1-3H3. The van der Waals surface area contributed by atoms with E-state index < -0.39 is 0 Å². The van der Waals surface area contributed by atoms with E-state index in [4.69, 9.17) is 9.47 Å². The highest BCUT2D eigenvalue weighted by Crippen LogP contribution is 2.37. The minimum Gasteiger partial charge on any atom is -0.493 e. The lowest BCUT2D eigenvalue weighted by Gasteiger charge is -2.22. The first kappa shape index (κ1) is 22.2. The number of carbonyl (C=O) groups is 1. The summed E-state index contributed by atoms with van der Waals surface area (Å²) in [6.07, 6.45) is 3.40. The molecule has 1 aliphatic heterocycles. The predicted octanol–water partition coefficient (Wildman–Crippen LogP) is 4.11. The van der Waals surface area contributed by atoms with E-state index in [1.165, 1.54) is 13.4 Å². The van der Waals surface area contributed by atoms with E-state index in [0.717, 1.165) is 17.0 Å². The Labute approximate surface area is 191 Å². The van der Waals surface area contributed by atoms with Gasteiger partial charge in [-0.3, -0.25) is 14.2 Å². The van der Waals surface area contributed by atoms with Crippen LogP contribution in [0.4, 0.5) is 5.69 Å². The molecule has 1 aromatic heterocycles. The lowest BCUT2D eigenvalue weighted by Crippen LogP contribution is -2.32. The van der Waals surface area contributed by atoms with Gasteiger partial charge in [-0.05, 0) is 31.0 Å². The molecule has 168 valence electrons. The zero-order valence-corrected chi connectivity index (χ0v) is 19.4. The molecule has 1 aliphatic rings. The molecule has 0 spiro atoms. The Morgan fingerprint density at radius 2 is 1.94 bits per heavy atom. The summed E-state index contributed by atoms with van der Waals surface area (Å²) < 4.78 is 12.2. The molecular formula is C24H27N3O4S. The Kier molecular flexibility index (Phi) is 6.69. The maximum Gasteiger partial charge on any atom is 0.261 e. The summed E-state index contributed by atoms with van der Waals surface area (Å²) in [5, 5.41) is 0.927. The molecule has 0 saturated carbocycles. The summed E-state index contributed by atoms with van der Waals surface area (Å²) in [5.74, 6) is 1.10. The van der Waals surface area contributed by atoms with Crippen molar-refractivity contribution in [3.63, 3.8) is 0 Å². The number of hydrogen-bond acceptors (Lipinski definition) is 6. The highest BCUT2D eigenvalue weighted by molar-refractivity contribution is 8.00. The molecule has 1 atom stereocenters. The molecule has 2 aromatic carbocycles. The molecular weight excluding hydrogens is 426 g/mol. The van der Waals surface area contributed by atoms with Gasteiger partial charge in [-0.15, -0.1) is 11.8 Å². The van der Waals surface area contributed by atoms with Gasteiger partial charge in [-0.25, -0.2) is 4.98 Å². The van der Waals surface area contributed by atoms with Crippen molar-refractivity contribution in [1.29, 1.82) is 0 Å². The SMILES string of the molecule is COc1cc2ncn(CCCC(=O)N3CCC(C)Sc4ccccc43)c(=O)c2cc1OC. The number of benzene rings is 2. The van der Waals surface area contributed by atoms with Crippen LogP contribution in [-0.2, 0) is 11.3 Å². The number of rotatable bonds is 6. The van der Waals surface area contributed by atoms with Crippen molar-refractivity contribution in [3.8, 4) is 11.5 Å². The normalized spacial score (nSPS) is 15.8. The lowest BCUT2D eigenvalue weighted by atomic mass is 10.2. The monoisotopic (exact) mass is 453 g/mol. The smallest absolute Gasteiger partial charge is 0.261 e. The summed E-state index contributed by atoms with van der Waals surface area (Å²) >= 11 is 1.82. The predicted molar refractivity (Wildman–Crippen MR) is 127 cm³/mol. The fourth-order valence-corrected chi connectivity index (χ4v) is 5.04. The van der Waals surface area contributed by atoms with Gasteiger partial charge in [0.1, 0.15) is 0 Å². The van der Waals surface area contributed by atoms with Crippen LogP contribution in [-0.4, -0.2) is 41.5 Å². The fraction of sp³-hybridized carbons (Fsp3) is 0.375. The number of anilines is 1. The number of aryl methyl sites for hydroxylation is 1. The van der Waals surface area contributed by atoms with Crippen LogP contribution in [0.1, 0.15) is 26.2 Å². The first-order chi connectivity index (χ1) is 15.5. The van der Waals surface area contributed by atoms with Crippen molar-refractivity contribution in [1.82, 2.24) is 9.55 Å². The number of hydrogen-bond donors (Lipinski definition) is 0. The van der Waals surface area contributed by atoms with Gasteiger partial charge < -0.3 is 14.4 Å². The number of nitrogens with zero attached hydrogens (tertiary/aromatic N) is 3. The number of fused-ring (bicyclic) bond motifs is 2. The van der Waals surface area contributed by atoms with Gasteiger partial charge in [-0.2, -0.15) is 0 Å². The Balaban J connectivity index is 1.48. The van der Waals surface area contributed by atoms with E-state index in [9.17, 15) is 9.59 Å². The molecule has 32 heavy (non-hydrogen) atoms. The molecule has 8 heteroatoms. The minimum absolute atomic E-state index is 0.0837. The third-order valence-electron chi connectivity index (χ3n) is 5.66. The lowest BCUT2D eigenvalue weighted by molar-refractivity contribution is -0.118. The summed E-state index contributed by atoms with van der Waals surface area (Å²) in [7, 11) is 3.08. The largest absolute Gasteiger partial charge is 0.493 e. The highest BCUT2D eigenvalue weighted by Gasteiger charge is 2.23. The van der Waals surface area contributed by atoms with Crippen LogP contribution < -0.4 is 19.9 Å². The Morgan fingerprint density at radius 1 is 1.19 bits per heavy atom. The molecule has 3 aromatic rings. The topological polar surface area (TPSA) is 73.7 Å². The molecule has 7 nitrogen and oxygen atoms in total. The average molecular weight is 454 g/mol. The highest BCUT2D eigenvalue weighted by atomic mass is 32.2. The number of aromatic nitrogens is 2. The van der Waals surface area contributed by atoms with E-state index >= 15 is 0 Å². The van der Waals surface area contributed by atoms with Crippen LogP contribution in [0.2, 0.25) is 0 Å². The van der Waals surface area contributed by atoms with Crippen LogP contribution in [0.3, 0.4) is 0 Å². The molecule has 1 unspecified atom stereocenters. The number of ether oxygens (including phenoxy) is 2. The third-order valence-corrected chi connectivity index (χ3v) is 6.90. The van der Waals surface area contributed by atoms with Gasteiger partial charge in [-0.1, -0.05) is 19.1 Å². The van der Waals surface area contributed by atoms with E-state index in [-0.39, 0.29) is 11.5 Å². The van der Waals surface area contributed by atoms with E-state index in [2.05, 4.69) is 18.0 Å². The van der Waals surface area contributed by atoms with E-state index in [1.54, 1.807) is 23.8 Å². The van der Waals surface area contributed by atoms with Gasteiger partial charge in [0.25, 0.3) is 5.56 Å². The molecule has 0 fully saturated rings. The maximum atomic E-state index is 13.0. The summed E-state index contributed by atoms with van der Waals surface area (Å²) in [4.78, 5) is 33.4. The Bertz CT molecular complexity index is 1190. The van der Waals surface area contributed by atoms with Gasteiger partial charge in [0.15, 0.2) is 11.5 Å². The molecule has 0 radical (unpaired) electrons. The van der Waals surface area contributed by atoms with E-state index in [1.807, 2.05) is 34.9 Å². The zero-order valence-electron chi connectivity index (χ0n) is 18.5. The minimum atomic E-state index is -0.159. The number of para-hydroxylation sites is 1. The molecule has 2 heterocycles. The van der Waals surface area contributed by atoms with Crippen molar-refractivity contribution >= 4 is 34.3 Å². The quantitative estimate of drug-likeness (QED) is 0.559. The van der Waals surface area contributed by atoms with Crippen LogP contribution in [0.15, 0.2) is 52.4 Å². The molecule has 0 saturated heterocycles. The Hall–Kier alpha value is -3.00. The Morgan fingerprint density at radius 3 is 2.72 bits per heavy atom. The molecule has 0 aliphatic carbocycles. The van der Waals surface area contributed by atoms with Gasteiger partial charge in [0.2, 0.25) is 5.91 Å². The molecule has 4 rings (SSSR count). The molecule has 0 N–H and O–H groups in total. The summed E-state index contributed by atoms with van der Waals surface area (Å²) in [5.41, 5.74) is 1.37. The first-order valence-corrected chi connectivity index (χ1v) is 11.6. The van der Waals surface area contributed by atoms with E-state index in [0.29, 0.717) is 53.6 Å². The summed E-state index contributed by atoms with van der Waals surface area (Å²) in [6, 6.07) is 11.4. The maximum absolute atomic E-state index is 13.0. The van der Waals surface area contributed by atoms with Crippen LogP contribution in [0, 0.1) is 0 Å². The molecule has 1 amide bonds. The van der Waals surface area contributed by atoms with Gasteiger partial charge in [0.05, 0.1) is 37.1 Å². The van der Waals surface area contributed by atoms with Gasteiger partial charge in [0, 0.05) is 35.7 Å². The van der Waals surface area contributed by atoms with Crippen molar-refractivity contribution in [2.75, 3.05) is 25.7 Å². The number of thioether (sulfide) groups is 1. The van der Waals surface area contributed by atoms with Crippen LogP contribution in [0.25, 0.3) is 10.9 Å². The van der Waals surface area contributed by atoms with Crippen LogP contribution >= 0.6 is 11.8 Å².